The number of carboxylic acids is 1. The Morgan fingerprint density at radius 2 is 2.04 bits per heavy atom. The van der Waals surface area contributed by atoms with Crippen LogP contribution in [0.1, 0.15) is 27.0 Å². The lowest BCUT2D eigenvalue weighted by atomic mass is 10.0. The number of aliphatic carboxylic acids is 1. The molecule has 0 fully saturated rings. The van der Waals surface area contributed by atoms with Crippen molar-refractivity contribution < 1.29 is 19.4 Å². The van der Waals surface area contributed by atoms with E-state index in [1.54, 1.807) is 42.5 Å². The van der Waals surface area contributed by atoms with Crippen LogP contribution in [0.4, 0.5) is 0 Å². The van der Waals surface area contributed by atoms with Crippen molar-refractivity contribution in [3.8, 4) is 11.8 Å². The zero-order valence-corrected chi connectivity index (χ0v) is 13.0. The topological polar surface area (TPSA) is 87.4 Å². The number of hydrogen-bond donors (Lipinski definition) is 1. The van der Waals surface area contributed by atoms with Gasteiger partial charge in [-0.2, -0.15) is 5.26 Å². The fraction of sp³-hybridized carbons (Fsp3) is 0.105. The summed E-state index contributed by atoms with van der Waals surface area (Å²) >= 11 is 0. The zero-order chi connectivity index (χ0) is 17.5. The minimum atomic E-state index is -0.998. The number of hydrogen-bond acceptors (Lipinski definition) is 4. The van der Waals surface area contributed by atoms with E-state index in [0.717, 1.165) is 5.56 Å². The van der Waals surface area contributed by atoms with Gasteiger partial charge in [0, 0.05) is 11.1 Å². The number of nitriles is 1. The van der Waals surface area contributed by atoms with Gasteiger partial charge in [-0.05, 0) is 42.0 Å². The van der Waals surface area contributed by atoms with Gasteiger partial charge < -0.3 is 9.84 Å². The molecule has 0 atom stereocenters. The molecule has 0 aliphatic carbocycles. The summed E-state index contributed by atoms with van der Waals surface area (Å²) in [5, 5.41) is 17.8. The number of carbonyl (C=O) groups is 2. The summed E-state index contributed by atoms with van der Waals surface area (Å²) in [6, 6.07) is 13.6. The van der Waals surface area contributed by atoms with E-state index in [1.165, 1.54) is 19.3 Å². The Balaban J connectivity index is 2.24. The molecule has 0 radical (unpaired) electrons. The molecule has 5 nitrogen and oxygen atoms in total. The van der Waals surface area contributed by atoms with Crippen molar-refractivity contribution in [3.05, 3.63) is 70.8 Å². The van der Waals surface area contributed by atoms with E-state index in [9.17, 15) is 9.59 Å². The minimum Gasteiger partial charge on any atom is -0.496 e. The number of carboxylic acid groups (broad SMARTS) is 1. The summed E-state index contributed by atoms with van der Waals surface area (Å²) in [6.45, 7) is 0. The molecule has 5 heteroatoms. The van der Waals surface area contributed by atoms with Crippen molar-refractivity contribution in [2.24, 2.45) is 0 Å². The van der Waals surface area contributed by atoms with Gasteiger partial charge in [0.25, 0.3) is 0 Å². The van der Waals surface area contributed by atoms with Crippen LogP contribution in [0.15, 0.2) is 48.5 Å². The highest BCUT2D eigenvalue weighted by Crippen LogP contribution is 2.21. The van der Waals surface area contributed by atoms with Gasteiger partial charge >= 0.3 is 5.97 Å². The largest absolute Gasteiger partial charge is 0.496 e. The number of carbonyl (C=O) groups excluding carboxylic acids is 1. The smallest absolute Gasteiger partial charge is 0.307 e. The van der Waals surface area contributed by atoms with Crippen molar-refractivity contribution in [2.75, 3.05) is 7.11 Å². The summed E-state index contributed by atoms with van der Waals surface area (Å²) < 4.78 is 5.11. The second-order valence-corrected chi connectivity index (χ2v) is 5.03. The molecule has 2 aromatic carbocycles. The number of ketones is 1. The maximum Gasteiger partial charge on any atom is 0.307 e. The number of allylic oxidation sites excluding steroid dienone is 1. The molecule has 0 saturated heterocycles. The molecule has 0 saturated carbocycles. The number of ether oxygens (including phenoxy) is 1. The molecule has 0 bridgehead atoms. The van der Waals surface area contributed by atoms with Gasteiger partial charge in [-0.15, -0.1) is 0 Å². The van der Waals surface area contributed by atoms with Crippen LogP contribution in [0, 0.1) is 11.3 Å². The molecule has 0 spiro atoms. The predicted octanol–water partition coefficient (Wildman–Crippen LogP) is 3.09. The molecule has 0 heterocycles. The van der Waals surface area contributed by atoms with Crippen LogP contribution in [0.2, 0.25) is 0 Å². The normalized spacial score (nSPS) is 10.3. The monoisotopic (exact) mass is 321 g/mol. The van der Waals surface area contributed by atoms with E-state index in [0.29, 0.717) is 22.4 Å². The van der Waals surface area contributed by atoms with Crippen LogP contribution in [0.5, 0.6) is 5.75 Å². The summed E-state index contributed by atoms with van der Waals surface area (Å²) in [5.74, 6) is -0.826. The Morgan fingerprint density at radius 1 is 1.25 bits per heavy atom. The average molecular weight is 321 g/mol. The molecule has 2 aromatic rings. The van der Waals surface area contributed by atoms with Crippen molar-refractivity contribution in [2.45, 2.75) is 6.42 Å². The van der Waals surface area contributed by atoms with Gasteiger partial charge in [0.05, 0.1) is 25.2 Å². The standard InChI is InChI=1S/C19H15NO4/c1-24-18-8-6-15(10-16(18)11-19(22)23)17(21)7-5-13-3-2-4-14(9-13)12-20/h2-10H,11H2,1H3,(H,22,23)/b7-5+. The zero-order valence-electron chi connectivity index (χ0n) is 13.0. The quantitative estimate of drug-likeness (QED) is 0.652. The van der Waals surface area contributed by atoms with Crippen LogP contribution in [-0.4, -0.2) is 24.0 Å². The first-order valence-electron chi connectivity index (χ1n) is 7.15. The molecular formula is C19H15NO4. The molecule has 0 aliphatic heterocycles. The molecule has 0 amide bonds. The van der Waals surface area contributed by atoms with Crippen LogP contribution < -0.4 is 4.74 Å². The Morgan fingerprint density at radius 3 is 2.71 bits per heavy atom. The van der Waals surface area contributed by atoms with E-state index < -0.39 is 5.97 Å². The Bertz CT molecular complexity index is 847. The van der Waals surface area contributed by atoms with Crippen molar-refractivity contribution in [3.63, 3.8) is 0 Å². The van der Waals surface area contributed by atoms with Crippen molar-refractivity contribution >= 4 is 17.8 Å². The lowest BCUT2D eigenvalue weighted by Crippen LogP contribution is -2.04. The number of benzene rings is 2. The highest BCUT2D eigenvalue weighted by atomic mass is 16.5. The predicted molar refractivity (Wildman–Crippen MR) is 88.9 cm³/mol. The third-order valence-electron chi connectivity index (χ3n) is 3.35. The number of rotatable bonds is 6. The molecule has 0 aliphatic rings. The third kappa shape index (κ3) is 4.31. The van der Waals surface area contributed by atoms with Gasteiger partial charge in [0.15, 0.2) is 5.78 Å². The first-order chi connectivity index (χ1) is 11.5. The Kier molecular flexibility index (Phi) is 5.48. The molecule has 1 N–H and O–H groups in total. The molecule has 24 heavy (non-hydrogen) atoms. The molecule has 120 valence electrons. The number of methoxy groups -OCH3 is 1. The Hall–Kier alpha value is -3.39. The van der Waals surface area contributed by atoms with Crippen LogP contribution >= 0.6 is 0 Å². The fourth-order valence-corrected chi connectivity index (χ4v) is 2.21. The van der Waals surface area contributed by atoms with Gasteiger partial charge in [-0.25, -0.2) is 0 Å². The van der Waals surface area contributed by atoms with Crippen molar-refractivity contribution in [1.29, 1.82) is 5.26 Å². The minimum absolute atomic E-state index is 0.224. The highest BCUT2D eigenvalue weighted by molar-refractivity contribution is 6.07. The van der Waals surface area contributed by atoms with Gasteiger partial charge in [-0.1, -0.05) is 18.2 Å². The van der Waals surface area contributed by atoms with E-state index in [4.69, 9.17) is 15.1 Å². The van der Waals surface area contributed by atoms with Gasteiger partial charge in [0.2, 0.25) is 0 Å². The summed E-state index contributed by atoms with van der Waals surface area (Å²) in [7, 11) is 1.45. The molecular weight excluding hydrogens is 306 g/mol. The summed E-state index contributed by atoms with van der Waals surface area (Å²) in [6.07, 6.45) is 2.78. The third-order valence-corrected chi connectivity index (χ3v) is 3.35. The lowest BCUT2D eigenvalue weighted by Gasteiger charge is -2.08. The molecule has 0 unspecified atom stereocenters. The average Bonchev–Trinajstić information content (AvgIpc) is 2.59. The maximum absolute atomic E-state index is 12.3. The summed E-state index contributed by atoms with van der Waals surface area (Å²) in [4.78, 5) is 23.2. The number of nitrogens with zero attached hydrogens (tertiary/aromatic N) is 1. The van der Waals surface area contributed by atoms with Gasteiger partial charge in [0.1, 0.15) is 5.75 Å². The van der Waals surface area contributed by atoms with E-state index in [-0.39, 0.29) is 12.2 Å². The second kappa shape index (κ2) is 7.75. The van der Waals surface area contributed by atoms with Gasteiger partial charge in [-0.3, -0.25) is 9.59 Å². The Labute approximate surface area is 139 Å². The van der Waals surface area contributed by atoms with Crippen LogP contribution in [0.3, 0.4) is 0 Å². The SMILES string of the molecule is COc1ccc(C(=O)/C=C/c2cccc(C#N)c2)cc1CC(=O)O. The first kappa shape index (κ1) is 17.0. The maximum atomic E-state index is 12.3. The molecule has 2 rings (SSSR count). The van der Waals surface area contributed by atoms with Crippen LogP contribution in [0.25, 0.3) is 6.08 Å². The second-order valence-electron chi connectivity index (χ2n) is 5.03. The van der Waals surface area contributed by atoms with Crippen LogP contribution in [-0.2, 0) is 11.2 Å². The molecule has 0 aromatic heterocycles. The summed E-state index contributed by atoms with van der Waals surface area (Å²) in [5.41, 5.74) is 2.06. The lowest BCUT2D eigenvalue weighted by molar-refractivity contribution is -0.136. The highest BCUT2D eigenvalue weighted by Gasteiger charge is 2.11. The van der Waals surface area contributed by atoms with E-state index >= 15 is 0 Å². The van der Waals surface area contributed by atoms with E-state index in [1.807, 2.05) is 6.07 Å². The van der Waals surface area contributed by atoms with Crippen molar-refractivity contribution in [1.82, 2.24) is 0 Å². The van der Waals surface area contributed by atoms with E-state index in [2.05, 4.69) is 0 Å². The fourth-order valence-electron chi connectivity index (χ4n) is 2.21. The first-order valence-corrected chi connectivity index (χ1v) is 7.15.